The van der Waals surface area contributed by atoms with Gasteiger partial charge in [-0.25, -0.2) is 9.18 Å². The lowest BCUT2D eigenvalue weighted by Gasteiger charge is -2.21. The third-order valence-corrected chi connectivity index (χ3v) is 3.85. The molecule has 0 radical (unpaired) electrons. The van der Waals surface area contributed by atoms with Crippen molar-refractivity contribution in [2.75, 3.05) is 25.0 Å². The molecule has 0 aliphatic carbocycles. The maximum absolute atomic E-state index is 13.2. The Morgan fingerprint density at radius 1 is 1.40 bits per heavy atom. The number of hydrogen-bond donors (Lipinski definition) is 2. The monoisotopic (exact) mass is 364 g/mol. The van der Waals surface area contributed by atoms with Gasteiger partial charge in [0, 0.05) is 19.2 Å². The minimum absolute atomic E-state index is 0.0475. The van der Waals surface area contributed by atoms with E-state index >= 15 is 0 Å². The van der Waals surface area contributed by atoms with Gasteiger partial charge in [-0.1, -0.05) is 0 Å². The number of benzene rings is 1. The number of carbonyl (C=O) groups is 2. The second-order valence-electron chi connectivity index (χ2n) is 6.01. The summed E-state index contributed by atoms with van der Waals surface area (Å²) in [6, 6.07) is 2.06. The summed E-state index contributed by atoms with van der Waals surface area (Å²) in [7, 11) is 0. The molecule has 10 heteroatoms. The number of carboxylic acids is 1. The normalized spacial score (nSPS) is 20.4. The molecule has 1 atom stereocenters. The summed E-state index contributed by atoms with van der Waals surface area (Å²) in [6.07, 6.45) is -4.37. The van der Waals surface area contributed by atoms with Crippen molar-refractivity contribution >= 4 is 17.7 Å². The number of alkyl halides is 3. The molecule has 1 aliphatic rings. The Morgan fingerprint density at radius 3 is 2.64 bits per heavy atom. The molecule has 0 aromatic heterocycles. The lowest BCUT2D eigenvalue weighted by Crippen LogP contribution is -2.37. The molecule has 1 unspecified atom stereocenters. The summed E-state index contributed by atoms with van der Waals surface area (Å²) in [4.78, 5) is 24.6. The van der Waals surface area contributed by atoms with Gasteiger partial charge < -0.3 is 20.1 Å². The van der Waals surface area contributed by atoms with E-state index in [9.17, 15) is 27.2 Å². The summed E-state index contributed by atoms with van der Waals surface area (Å²) in [5, 5.41) is 11.5. The van der Waals surface area contributed by atoms with Crippen molar-refractivity contribution in [1.29, 1.82) is 0 Å². The number of ether oxygens (including phenoxy) is 1. The van der Waals surface area contributed by atoms with Gasteiger partial charge >= 0.3 is 18.2 Å². The van der Waals surface area contributed by atoms with Crippen LogP contribution in [0.2, 0.25) is 0 Å². The number of rotatable bonds is 4. The van der Waals surface area contributed by atoms with Gasteiger partial charge in [0.1, 0.15) is 11.6 Å². The van der Waals surface area contributed by atoms with Gasteiger partial charge in [0.2, 0.25) is 0 Å². The number of aliphatic carboxylic acids is 1. The smallest absolute Gasteiger partial charge is 0.422 e. The summed E-state index contributed by atoms with van der Waals surface area (Å²) in [5.41, 5.74) is -1.23. The van der Waals surface area contributed by atoms with Gasteiger partial charge in [0.15, 0.2) is 6.61 Å². The van der Waals surface area contributed by atoms with Gasteiger partial charge in [0.05, 0.1) is 11.1 Å². The first kappa shape index (κ1) is 18.8. The van der Waals surface area contributed by atoms with Crippen LogP contribution in [0.4, 0.5) is 28.0 Å². The lowest BCUT2D eigenvalue weighted by atomic mass is 9.90. The molecule has 0 saturated carbocycles. The first-order chi connectivity index (χ1) is 11.5. The van der Waals surface area contributed by atoms with Crippen molar-refractivity contribution in [3.8, 4) is 5.75 Å². The summed E-state index contributed by atoms with van der Waals surface area (Å²) < 4.78 is 54.6. The minimum Gasteiger partial charge on any atom is -0.482 e. The topological polar surface area (TPSA) is 78.9 Å². The average molecular weight is 364 g/mol. The molecule has 25 heavy (non-hydrogen) atoms. The molecule has 1 aliphatic heterocycles. The predicted octanol–water partition coefficient (Wildman–Crippen LogP) is 3.10. The molecular formula is C15H16F4N2O4. The number of amides is 2. The van der Waals surface area contributed by atoms with Gasteiger partial charge in [0.25, 0.3) is 0 Å². The molecule has 1 fully saturated rings. The molecule has 6 nitrogen and oxygen atoms in total. The van der Waals surface area contributed by atoms with E-state index < -0.39 is 41.8 Å². The molecule has 1 aromatic rings. The van der Waals surface area contributed by atoms with Crippen LogP contribution in [0.5, 0.6) is 5.75 Å². The highest BCUT2D eigenvalue weighted by atomic mass is 19.4. The lowest BCUT2D eigenvalue weighted by molar-refractivity contribution is -0.153. The summed E-state index contributed by atoms with van der Waals surface area (Å²) >= 11 is 0. The number of likely N-dealkylation sites (tertiary alicyclic amines) is 1. The first-order valence-corrected chi connectivity index (χ1v) is 7.29. The van der Waals surface area contributed by atoms with E-state index in [1.807, 2.05) is 0 Å². The van der Waals surface area contributed by atoms with Gasteiger partial charge in [-0.3, -0.25) is 4.79 Å². The standard InChI is InChI=1S/C15H16F4N2O4/c1-14(12(22)23)4-5-21(7-14)13(24)20-10-3-2-9(16)6-11(10)25-8-15(17,18)19/h2-3,6H,4-5,7-8H2,1H3,(H,20,24)(H,22,23). The van der Waals surface area contributed by atoms with E-state index in [2.05, 4.69) is 10.1 Å². The van der Waals surface area contributed by atoms with E-state index in [1.54, 1.807) is 0 Å². The number of nitrogens with zero attached hydrogens (tertiary/aromatic N) is 1. The Labute approximate surface area is 140 Å². The number of carbonyl (C=O) groups excluding carboxylic acids is 1. The van der Waals surface area contributed by atoms with Crippen LogP contribution in [0.3, 0.4) is 0 Å². The third kappa shape index (κ3) is 4.74. The van der Waals surface area contributed by atoms with Crippen LogP contribution in [-0.2, 0) is 4.79 Å². The van der Waals surface area contributed by atoms with E-state index in [-0.39, 0.29) is 25.2 Å². The number of carboxylic acid groups (broad SMARTS) is 1. The van der Waals surface area contributed by atoms with Crippen LogP contribution < -0.4 is 10.1 Å². The molecule has 138 valence electrons. The van der Waals surface area contributed by atoms with Crippen molar-refractivity contribution in [3.63, 3.8) is 0 Å². The molecule has 2 rings (SSSR count). The predicted molar refractivity (Wildman–Crippen MR) is 78.9 cm³/mol. The number of nitrogens with one attached hydrogen (secondary N) is 1. The van der Waals surface area contributed by atoms with E-state index in [0.717, 1.165) is 18.2 Å². The minimum atomic E-state index is -4.62. The Hall–Kier alpha value is -2.52. The second-order valence-corrected chi connectivity index (χ2v) is 6.01. The van der Waals surface area contributed by atoms with Gasteiger partial charge in [-0.05, 0) is 25.5 Å². The van der Waals surface area contributed by atoms with Crippen molar-refractivity contribution < 1.29 is 37.0 Å². The van der Waals surface area contributed by atoms with E-state index in [0.29, 0.717) is 0 Å². The Kier molecular flexibility index (Phi) is 5.09. The van der Waals surface area contributed by atoms with Gasteiger partial charge in [-0.2, -0.15) is 13.2 Å². The first-order valence-electron chi connectivity index (χ1n) is 7.29. The van der Waals surface area contributed by atoms with Crippen LogP contribution in [0.25, 0.3) is 0 Å². The molecule has 2 N–H and O–H groups in total. The molecule has 2 amide bonds. The number of halogens is 4. The highest BCUT2D eigenvalue weighted by Gasteiger charge is 2.42. The van der Waals surface area contributed by atoms with E-state index in [4.69, 9.17) is 5.11 Å². The highest BCUT2D eigenvalue weighted by Crippen LogP contribution is 2.32. The Balaban J connectivity index is 2.09. The number of urea groups is 1. The number of anilines is 1. The zero-order valence-corrected chi connectivity index (χ0v) is 13.2. The van der Waals surface area contributed by atoms with Crippen LogP contribution in [0, 0.1) is 11.2 Å². The fourth-order valence-electron chi connectivity index (χ4n) is 2.38. The Bertz CT molecular complexity index is 680. The summed E-state index contributed by atoms with van der Waals surface area (Å²) in [6.45, 7) is -0.0127. The maximum atomic E-state index is 13.2. The third-order valence-electron chi connectivity index (χ3n) is 3.85. The molecule has 0 spiro atoms. The zero-order valence-electron chi connectivity index (χ0n) is 13.2. The van der Waals surface area contributed by atoms with Crippen LogP contribution in [-0.4, -0.2) is 47.9 Å². The highest BCUT2D eigenvalue weighted by molar-refractivity contribution is 5.92. The fourth-order valence-corrected chi connectivity index (χ4v) is 2.38. The van der Waals surface area contributed by atoms with Crippen molar-refractivity contribution in [2.45, 2.75) is 19.5 Å². The van der Waals surface area contributed by atoms with E-state index in [1.165, 1.54) is 11.8 Å². The van der Waals surface area contributed by atoms with Gasteiger partial charge in [-0.15, -0.1) is 0 Å². The SMILES string of the molecule is CC1(C(=O)O)CCN(C(=O)Nc2ccc(F)cc2OCC(F)(F)F)C1. The largest absolute Gasteiger partial charge is 0.482 e. The van der Waals surface area contributed by atoms with Crippen molar-refractivity contribution in [1.82, 2.24) is 4.90 Å². The molecule has 0 bridgehead atoms. The van der Waals surface area contributed by atoms with Crippen LogP contribution >= 0.6 is 0 Å². The average Bonchev–Trinajstić information content (AvgIpc) is 2.91. The fraction of sp³-hybridized carbons (Fsp3) is 0.467. The quantitative estimate of drug-likeness (QED) is 0.805. The molecule has 1 heterocycles. The second kappa shape index (κ2) is 6.77. The molecule has 1 saturated heterocycles. The maximum Gasteiger partial charge on any atom is 0.422 e. The zero-order chi connectivity index (χ0) is 18.8. The van der Waals surface area contributed by atoms with Crippen molar-refractivity contribution in [3.05, 3.63) is 24.0 Å². The van der Waals surface area contributed by atoms with Crippen LogP contribution in [0.1, 0.15) is 13.3 Å². The van der Waals surface area contributed by atoms with Crippen LogP contribution in [0.15, 0.2) is 18.2 Å². The summed E-state index contributed by atoms with van der Waals surface area (Å²) in [5.74, 6) is -2.33. The molecular weight excluding hydrogens is 348 g/mol. The molecule has 1 aromatic carbocycles. The Morgan fingerprint density at radius 2 is 2.08 bits per heavy atom. The number of hydrogen-bond acceptors (Lipinski definition) is 3. The van der Waals surface area contributed by atoms with Crippen molar-refractivity contribution in [2.24, 2.45) is 5.41 Å².